The number of anilines is 1. The van der Waals surface area contributed by atoms with Crippen molar-refractivity contribution in [3.63, 3.8) is 0 Å². The van der Waals surface area contributed by atoms with Gasteiger partial charge in [-0.25, -0.2) is 4.98 Å². The van der Waals surface area contributed by atoms with Gasteiger partial charge < -0.3 is 10.1 Å². The van der Waals surface area contributed by atoms with E-state index < -0.39 is 0 Å². The van der Waals surface area contributed by atoms with E-state index in [9.17, 15) is 4.79 Å². The number of nitrogens with zero attached hydrogens (tertiary/aromatic N) is 1. The molecule has 0 aliphatic heterocycles. The van der Waals surface area contributed by atoms with Gasteiger partial charge >= 0.3 is 0 Å². The van der Waals surface area contributed by atoms with E-state index in [0.717, 1.165) is 10.6 Å². The van der Waals surface area contributed by atoms with Crippen LogP contribution in [0.5, 0.6) is 5.75 Å². The van der Waals surface area contributed by atoms with Crippen LogP contribution >= 0.6 is 11.3 Å². The molecule has 1 heterocycles. The lowest BCUT2D eigenvalue weighted by Gasteiger charge is -2.06. The Morgan fingerprint density at radius 3 is 2.68 bits per heavy atom. The van der Waals surface area contributed by atoms with Gasteiger partial charge in [-0.05, 0) is 26.0 Å². The van der Waals surface area contributed by atoms with Gasteiger partial charge in [0.25, 0.3) is 0 Å². The number of nitrogens with one attached hydrogen (secondary N) is 1. The van der Waals surface area contributed by atoms with Crippen LogP contribution in [0.2, 0.25) is 0 Å². The second-order valence-corrected chi connectivity index (χ2v) is 5.47. The first-order valence-corrected chi connectivity index (χ1v) is 6.87. The van der Waals surface area contributed by atoms with Gasteiger partial charge in [-0.2, -0.15) is 0 Å². The number of hydrogen-bond donors (Lipinski definition) is 1. The lowest BCUT2D eigenvalue weighted by molar-refractivity contribution is -0.116. The van der Waals surface area contributed by atoms with E-state index >= 15 is 0 Å². The molecule has 0 bridgehead atoms. The molecule has 1 aromatic carbocycles. The smallest absolute Gasteiger partial charge is 0.229 e. The summed E-state index contributed by atoms with van der Waals surface area (Å²) in [6, 6.07) is 7.76. The summed E-state index contributed by atoms with van der Waals surface area (Å²) in [6.45, 7) is 4.33. The van der Waals surface area contributed by atoms with Gasteiger partial charge in [0.05, 0.1) is 13.0 Å². The molecule has 0 atom stereocenters. The van der Waals surface area contributed by atoms with Gasteiger partial charge in [0.2, 0.25) is 5.91 Å². The molecule has 1 N–H and O–H groups in total. The molecule has 100 valence electrons. The summed E-state index contributed by atoms with van der Waals surface area (Å²) in [5.41, 5.74) is 1.18. The van der Waals surface area contributed by atoms with Crippen LogP contribution in [0, 0.1) is 13.8 Å². The SMILES string of the molecule is Cc1ccc(OCCC(=O)Nc2ncc(C)s2)cc1. The van der Waals surface area contributed by atoms with Crippen molar-refractivity contribution in [1.82, 2.24) is 4.98 Å². The number of benzene rings is 1. The molecular weight excluding hydrogens is 260 g/mol. The van der Waals surface area contributed by atoms with Crippen LogP contribution in [0.25, 0.3) is 0 Å². The van der Waals surface area contributed by atoms with Crippen molar-refractivity contribution in [2.24, 2.45) is 0 Å². The van der Waals surface area contributed by atoms with E-state index in [1.807, 2.05) is 38.1 Å². The summed E-state index contributed by atoms with van der Waals surface area (Å²) in [5, 5.41) is 3.38. The Kier molecular flexibility index (Phi) is 4.52. The molecule has 2 aromatic rings. The second kappa shape index (κ2) is 6.33. The van der Waals surface area contributed by atoms with E-state index in [2.05, 4.69) is 10.3 Å². The molecule has 0 saturated carbocycles. The van der Waals surface area contributed by atoms with E-state index in [4.69, 9.17) is 4.74 Å². The van der Waals surface area contributed by atoms with E-state index in [1.54, 1.807) is 6.20 Å². The summed E-state index contributed by atoms with van der Waals surface area (Å²) in [4.78, 5) is 16.8. The highest BCUT2D eigenvalue weighted by Crippen LogP contribution is 2.16. The summed E-state index contributed by atoms with van der Waals surface area (Å²) in [5.74, 6) is 0.699. The number of rotatable bonds is 5. The van der Waals surface area contributed by atoms with Gasteiger partial charge in [-0.15, -0.1) is 11.3 Å². The summed E-state index contributed by atoms with van der Waals surface area (Å²) < 4.78 is 5.50. The molecule has 0 radical (unpaired) electrons. The Hall–Kier alpha value is -1.88. The molecule has 1 aromatic heterocycles. The monoisotopic (exact) mass is 276 g/mol. The third-order valence-corrected chi connectivity index (χ3v) is 3.31. The molecule has 4 nitrogen and oxygen atoms in total. The predicted molar refractivity (Wildman–Crippen MR) is 76.8 cm³/mol. The van der Waals surface area contributed by atoms with Crippen LogP contribution in [0.4, 0.5) is 5.13 Å². The molecule has 2 rings (SSSR count). The summed E-state index contributed by atoms with van der Waals surface area (Å²) in [6.07, 6.45) is 2.05. The largest absolute Gasteiger partial charge is 0.493 e. The standard InChI is InChI=1S/C14H16N2O2S/c1-10-3-5-12(6-4-10)18-8-7-13(17)16-14-15-9-11(2)19-14/h3-6,9H,7-8H2,1-2H3,(H,15,16,17). The van der Waals surface area contributed by atoms with Crippen LogP contribution in [0.15, 0.2) is 30.5 Å². The fraction of sp³-hybridized carbons (Fsp3) is 0.286. The van der Waals surface area contributed by atoms with Crippen molar-refractivity contribution < 1.29 is 9.53 Å². The highest BCUT2D eigenvalue weighted by atomic mass is 32.1. The minimum absolute atomic E-state index is 0.0820. The van der Waals surface area contributed by atoms with Gasteiger partial charge in [0.1, 0.15) is 5.75 Å². The van der Waals surface area contributed by atoms with Crippen molar-refractivity contribution in [3.05, 3.63) is 40.9 Å². The number of hydrogen-bond acceptors (Lipinski definition) is 4. The Labute approximate surface area is 116 Å². The first-order valence-electron chi connectivity index (χ1n) is 6.05. The van der Waals surface area contributed by atoms with E-state index in [-0.39, 0.29) is 5.91 Å². The third-order valence-electron chi connectivity index (χ3n) is 2.49. The van der Waals surface area contributed by atoms with Crippen LogP contribution in [0.3, 0.4) is 0 Å². The van der Waals surface area contributed by atoms with Crippen molar-refractivity contribution in [1.29, 1.82) is 0 Å². The molecule has 0 unspecified atom stereocenters. The minimum Gasteiger partial charge on any atom is -0.493 e. The summed E-state index contributed by atoms with van der Waals surface area (Å²) in [7, 11) is 0. The average Bonchev–Trinajstić information content (AvgIpc) is 2.77. The second-order valence-electron chi connectivity index (χ2n) is 4.24. The van der Waals surface area contributed by atoms with Gasteiger partial charge in [-0.1, -0.05) is 17.7 Å². The normalized spacial score (nSPS) is 10.2. The lowest BCUT2D eigenvalue weighted by Crippen LogP contribution is -2.14. The minimum atomic E-state index is -0.0820. The van der Waals surface area contributed by atoms with E-state index in [0.29, 0.717) is 18.2 Å². The number of carbonyl (C=O) groups is 1. The maximum Gasteiger partial charge on any atom is 0.229 e. The Balaban J connectivity index is 1.73. The van der Waals surface area contributed by atoms with Crippen LogP contribution in [0.1, 0.15) is 16.9 Å². The molecule has 0 saturated heterocycles. The number of aryl methyl sites for hydroxylation is 2. The third kappa shape index (κ3) is 4.37. The van der Waals surface area contributed by atoms with Crippen LogP contribution in [-0.4, -0.2) is 17.5 Å². The number of ether oxygens (including phenoxy) is 1. The predicted octanol–water partition coefficient (Wildman–Crippen LogP) is 3.17. The molecule has 1 amide bonds. The lowest BCUT2D eigenvalue weighted by atomic mass is 10.2. The first kappa shape index (κ1) is 13.5. The zero-order valence-electron chi connectivity index (χ0n) is 11.0. The van der Waals surface area contributed by atoms with Crippen molar-refractivity contribution in [2.45, 2.75) is 20.3 Å². The van der Waals surface area contributed by atoms with Crippen molar-refractivity contribution >= 4 is 22.4 Å². The maximum absolute atomic E-state index is 11.6. The molecule has 5 heteroatoms. The number of aromatic nitrogens is 1. The molecular formula is C14H16N2O2S. The number of thiazole rings is 1. The Bertz CT molecular complexity index is 549. The number of carbonyl (C=O) groups excluding carboxylic acids is 1. The first-order chi connectivity index (χ1) is 9.13. The van der Waals surface area contributed by atoms with Gasteiger partial charge in [0.15, 0.2) is 5.13 Å². The quantitative estimate of drug-likeness (QED) is 0.912. The van der Waals surface area contributed by atoms with Crippen molar-refractivity contribution in [2.75, 3.05) is 11.9 Å². The molecule has 0 aliphatic rings. The number of amides is 1. The fourth-order valence-electron chi connectivity index (χ4n) is 1.49. The van der Waals surface area contributed by atoms with Gasteiger partial charge in [-0.3, -0.25) is 4.79 Å². The Morgan fingerprint density at radius 1 is 1.32 bits per heavy atom. The summed E-state index contributed by atoms with van der Waals surface area (Å²) >= 11 is 1.46. The topological polar surface area (TPSA) is 51.2 Å². The molecule has 19 heavy (non-hydrogen) atoms. The highest BCUT2D eigenvalue weighted by Gasteiger charge is 2.05. The average molecular weight is 276 g/mol. The van der Waals surface area contributed by atoms with Crippen LogP contribution in [-0.2, 0) is 4.79 Å². The fourth-order valence-corrected chi connectivity index (χ4v) is 2.17. The van der Waals surface area contributed by atoms with Crippen molar-refractivity contribution in [3.8, 4) is 5.75 Å². The zero-order valence-corrected chi connectivity index (χ0v) is 11.8. The van der Waals surface area contributed by atoms with E-state index in [1.165, 1.54) is 16.9 Å². The molecule has 0 fully saturated rings. The Morgan fingerprint density at radius 2 is 2.05 bits per heavy atom. The molecule has 0 aliphatic carbocycles. The maximum atomic E-state index is 11.6. The van der Waals surface area contributed by atoms with Crippen LogP contribution < -0.4 is 10.1 Å². The molecule has 0 spiro atoms. The zero-order chi connectivity index (χ0) is 13.7. The van der Waals surface area contributed by atoms with Gasteiger partial charge in [0, 0.05) is 11.1 Å². The highest BCUT2D eigenvalue weighted by molar-refractivity contribution is 7.15.